The smallest absolute Gasteiger partial charge is 0.748 e. The third-order valence-electron chi connectivity index (χ3n) is 4.95. The van der Waals surface area contributed by atoms with Crippen LogP contribution in [0.25, 0.3) is 0 Å². The van der Waals surface area contributed by atoms with Gasteiger partial charge in [-0.15, -0.1) is 0 Å². The number of hydrogen-bond acceptors (Lipinski definition) is 4. The van der Waals surface area contributed by atoms with Crippen molar-refractivity contribution < 1.29 is 47.6 Å². The van der Waals surface area contributed by atoms with Gasteiger partial charge in [-0.3, -0.25) is 0 Å². The van der Waals surface area contributed by atoms with Crippen molar-refractivity contribution in [1.29, 1.82) is 0 Å². The van der Waals surface area contributed by atoms with Gasteiger partial charge in [0.2, 0.25) is 0 Å². The standard InChI is InChI=1S/C20H42O4S.Na/c1-2-17-20(25(22,23)24)18-15-13-11-9-7-5-3-4-6-8-10-12-14-16-19-21;/h20-21H,2-19H2,1H3,(H,22,23,24);/q;+1/p-1. The molecule has 0 aromatic heterocycles. The Hall–Kier alpha value is 0.870. The van der Waals surface area contributed by atoms with Crippen LogP contribution in [-0.2, 0) is 10.1 Å². The van der Waals surface area contributed by atoms with Gasteiger partial charge in [0.05, 0.1) is 10.1 Å². The van der Waals surface area contributed by atoms with Crippen LogP contribution in [0.2, 0.25) is 0 Å². The number of aliphatic hydroxyl groups is 1. The van der Waals surface area contributed by atoms with Crippen LogP contribution in [0.3, 0.4) is 0 Å². The number of unbranched alkanes of at least 4 members (excludes halogenated alkanes) is 13. The average molecular weight is 401 g/mol. The molecule has 0 aliphatic carbocycles. The molecule has 0 rings (SSSR count). The molecule has 0 amide bonds. The minimum atomic E-state index is -4.11. The van der Waals surface area contributed by atoms with E-state index in [1.54, 1.807) is 0 Å². The molecule has 1 atom stereocenters. The van der Waals surface area contributed by atoms with E-state index in [0.29, 0.717) is 19.4 Å². The van der Waals surface area contributed by atoms with Gasteiger partial charge in [0.1, 0.15) is 0 Å². The molecule has 0 aromatic carbocycles. The van der Waals surface area contributed by atoms with Crippen LogP contribution in [0, 0.1) is 0 Å². The minimum absolute atomic E-state index is 0. The summed E-state index contributed by atoms with van der Waals surface area (Å²) in [5, 5.41) is 8.03. The van der Waals surface area contributed by atoms with Gasteiger partial charge >= 0.3 is 29.6 Å². The number of aliphatic hydroxyl groups excluding tert-OH is 1. The zero-order valence-electron chi connectivity index (χ0n) is 17.4. The summed E-state index contributed by atoms with van der Waals surface area (Å²) in [7, 11) is -4.11. The van der Waals surface area contributed by atoms with Crippen LogP contribution >= 0.6 is 0 Å². The Balaban J connectivity index is 0. The molecule has 0 saturated carbocycles. The van der Waals surface area contributed by atoms with Crippen molar-refractivity contribution in [2.75, 3.05) is 6.61 Å². The molecule has 4 nitrogen and oxygen atoms in total. The van der Waals surface area contributed by atoms with E-state index in [4.69, 9.17) is 5.11 Å². The molecule has 152 valence electrons. The summed E-state index contributed by atoms with van der Waals surface area (Å²) < 4.78 is 33.4. The van der Waals surface area contributed by atoms with Gasteiger partial charge in [0.25, 0.3) is 0 Å². The minimum Gasteiger partial charge on any atom is -0.748 e. The summed E-state index contributed by atoms with van der Waals surface area (Å²) in [4.78, 5) is 0. The molecule has 0 spiro atoms. The second kappa shape index (κ2) is 20.6. The Bertz CT molecular complexity index is 374. The predicted molar refractivity (Wildman–Crippen MR) is 105 cm³/mol. The van der Waals surface area contributed by atoms with Crippen molar-refractivity contribution in [1.82, 2.24) is 0 Å². The van der Waals surface area contributed by atoms with Crippen molar-refractivity contribution >= 4 is 10.1 Å². The summed E-state index contributed by atoms with van der Waals surface area (Å²) in [6.45, 7) is 2.26. The van der Waals surface area contributed by atoms with E-state index in [1.807, 2.05) is 6.92 Å². The first-order chi connectivity index (χ1) is 12.0. The molecule has 0 fully saturated rings. The molecule has 0 aliphatic heterocycles. The molecule has 1 unspecified atom stereocenters. The van der Waals surface area contributed by atoms with Crippen LogP contribution in [0.1, 0.15) is 116 Å². The predicted octanol–water partition coefficient (Wildman–Crippen LogP) is 2.55. The molecule has 26 heavy (non-hydrogen) atoms. The normalized spacial score (nSPS) is 12.7. The fourth-order valence-electron chi connectivity index (χ4n) is 3.36. The Morgan fingerprint density at radius 3 is 1.35 bits per heavy atom. The average Bonchev–Trinajstić information content (AvgIpc) is 2.56. The molecule has 6 heteroatoms. The maximum absolute atomic E-state index is 11.1. The van der Waals surface area contributed by atoms with Gasteiger partial charge in [-0.1, -0.05) is 96.8 Å². The Kier molecular flexibility index (Phi) is 23.0. The maximum Gasteiger partial charge on any atom is 1.00 e. The monoisotopic (exact) mass is 400 g/mol. The third-order valence-corrected chi connectivity index (χ3v) is 6.24. The van der Waals surface area contributed by atoms with E-state index >= 15 is 0 Å². The quantitative estimate of drug-likeness (QED) is 0.205. The summed E-state index contributed by atoms with van der Waals surface area (Å²) in [6, 6.07) is 0. The fraction of sp³-hybridized carbons (Fsp3) is 1.00. The van der Waals surface area contributed by atoms with Crippen molar-refractivity contribution in [3.05, 3.63) is 0 Å². The van der Waals surface area contributed by atoms with E-state index in [1.165, 1.54) is 57.8 Å². The first-order valence-electron chi connectivity index (χ1n) is 10.6. The summed E-state index contributed by atoms with van der Waals surface area (Å²) >= 11 is 0. The van der Waals surface area contributed by atoms with Gasteiger partial charge in [-0.05, 0) is 19.3 Å². The molecule has 0 radical (unpaired) electrons. The molecule has 0 aromatic rings. The van der Waals surface area contributed by atoms with E-state index < -0.39 is 15.4 Å². The van der Waals surface area contributed by atoms with Gasteiger partial charge in [-0.25, -0.2) is 8.42 Å². The van der Waals surface area contributed by atoms with Crippen molar-refractivity contribution in [2.45, 2.75) is 121 Å². The molecule has 1 N–H and O–H groups in total. The second-order valence-corrected chi connectivity index (χ2v) is 9.02. The van der Waals surface area contributed by atoms with Gasteiger partial charge in [0, 0.05) is 11.9 Å². The Labute approximate surface area is 185 Å². The van der Waals surface area contributed by atoms with Crippen LogP contribution < -0.4 is 29.6 Å². The van der Waals surface area contributed by atoms with Gasteiger partial charge < -0.3 is 9.66 Å². The molecular weight excluding hydrogens is 359 g/mol. The molecular formula is C20H41NaO4S. The summed E-state index contributed by atoms with van der Waals surface area (Å²) in [5.41, 5.74) is 0. The fourth-order valence-corrected chi connectivity index (χ4v) is 4.34. The van der Waals surface area contributed by atoms with Gasteiger partial charge in [0.15, 0.2) is 0 Å². The molecule has 0 bridgehead atoms. The maximum atomic E-state index is 11.1. The van der Waals surface area contributed by atoms with E-state index in [0.717, 1.165) is 38.5 Å². The van der Waals surface area contributed by atoms with Gasteiger partial charge in [-0.2, -0.15) is 0 Å². The summed E-state index contributed by atoms with van der Waals surface area (Å²) in [6.07, 6.45) is 18.7. The zero-order chi connectivity index (χ0) is 18.8. The van der Waals surface area contributed by atoms with Crippen LogP contribution in [0.5, 0.6) is 0 Å². The first kappa shape index (κ1) is 29.1. The number of rotatable bonds is 19. The van der Waals surface area contributed by atoms with E-state index in [2.05, 4.69) is 0 Å². The largest absolute Gasteiger partial charge is 1.00 e. The Morgan fingerprint density at radius 2 is 1.04 bits per heavy atom. The number of hydrogen-bond donors (Lipinski definition) is 1. The summed E-state index contributed by atoms with van der Waals surface area (Å²) in [5.74, 6) is 0. The van der Waals surface area contributed by atoms with Crippen LogP contribution in [-0.4, -0.2) is 29.9 Å². The van der Waals surface area contributed by atoms with E-state index in [9.17, 15) is 13.0 Å². The Morgan fingerprint density at radius 1 is 0.692 bits per heavy atom. The SMILES string of the molecule is CCCC(CCCCCCCCCCCCCCCCO)S(=O)(=O)[O-].[Na+]. The molecule has 0 heterocycles. The second-order valence-electron chi connectivity index (χ2n) is 7.37. The van der Waals surface area contributed by atoms with E-state index in [-0.39, 0.29) is 29.6 Å². The molecule has 0 saturated heterocycles. The third kappa shape index (κ3) is 19.6. The first-order valence-corrected chi connectivity index (χ1v) is 12.0. The van der Waals surface area contributed by atoms with Crippen molar-refractivity contribution in [3.8, 4) is 0 Å². The van der Waals surface area contributed by atoms with Crippen LogP contribution in [0.4, 0.5) is 0 Å². The van der Waals surface area contributed by atoms with Crippen molar-refractivity contribution in [2.24, 2.45) is 0 Å². The topological polar surface area (TPSA) is 77.4 Å². The van der Waals surface area contributed by atoms with Crippen molar-refractivity contribution in [3.63, 3.8) is 0 Å². The van der Waals surface area contributed by atoms with Crippen LogP contribution in [0.15, 0.2) is 0 Å². The zero-order valence-corrected chi connectivity index (χ0v) is 20.2. The molecule has 0 aliphatic rings.